The van der Waals surface area contributed by atoms with E-state index in [9.17, 15) is 0 Å². The summed E-state index contributed by atoms with van der Waals surface area (Å²) >= 11 is 0. The van der Waals surface area contributed by atoms with Crippen molar-refractivity contribution >= 4 is 12.4 Å². The lowest BCUT2D eigenvalue weighted by molar-refractivity contribution is 0.623. The maximum atomic E-state index is 3.73. The van der Waals surface area contributed by atoms with Crippen LogP contribution in [0.25, 0.3) is 0 Å². The number of hydrogen-bond acceptors (Lipinski definition) is 2. The van der Waals surface area contributed by atoms with E-state index in [2.05, 4.69) is 24.1 Å². The van der Waals surface area contributed by atoms with Gasteiger partial charge in [0.1, 0.15) is 0 Å². The van der Waals surface area contributed by atoms with Crippen LogP contribution in [0.4, 0.5) is 0 Å². The lowest BCUT2D eigenvalue weighted by Gasteiger charge is -2.03. The first-order valence-electron chi connectivity index (χ1n) is 3.87. The minimum atomic E-state index is 0.481. The molecule has 2 nitrogen and oxygen atoms in total. The van der Waals surface area contributed by atoms with Crippen molar-refractivity contribution in [3.63, 3.8) is 0 Å². The molecule has 2 heteroatoms. The van der Waals surface area contributed by atoms with Gasteiger partial charge in [-0.3, -0.25) is 0 Å². The van der Waals surface area contributed by atoms with Gasteiger partial charge in [0, 0.05) is 18.3 Å². The second-order valence-electron chi connectivity index (χ2n) is 2.35. The molecule has 0 amide bonds. The molecule has 0 atom stereocenters. The van der Waals surface area contributed by atoms with Crippen molar-refractivity contribution in [3.05, 3.63) is 0 Å². The Kier molecular flexibility index (Phi) is 4.81. The SMILES string of the molecule is CC.CC(C)C1C=NN=C1. The molecule has 10 heavy (non-hydrogen) atoms. The van der Waals surface area contributed by atoms with Gasteiger partial charge in [-0.25, -0.2) is 0 Å². The van der Waals surface area contributed by atoms with Crippen molar-refractivity contribution in [3.8, 4) is 0 Å². The van der Waals surface area contributed by atoms with Gasteiger partial charge in [0.2, 0.25) is 0 Å². The van der Waals surface area contributed by atoms with Crippen molar-refractivity contribution in [1.29, 1.82) is 0 Å². The minimum Gasteiger partial charge on any atom is -0.163 e. The van der Waals surface area contributed by atoms with Crippen LogP contribution in [0.3, 0.4) is 0 Å². The van der Waals surface area contributed by atoms with E-state index in [0.29, 0.717) is 11.8 Å². The third kappa shape index (κ3) is 2.76. The highest BCUT2D eigenvalue weighted by Gasteiger charge is 2.09. The quantitative estimate of drug-likeness (QED) is 0.534. The summed E-state index contributed by atoms with van der Waals surface area (Å²) in [4.78, 5) is 0. The molecule has 0 aromatic heterocycles. The average Bonchev–Trinajstić information content (AvgIpc) is 2.42. The largest absolute Gasteiger partial charge is 0.163 e. The van der Waals surface area contributed by atoms with Crippen LogP contribution in [0.15, 0.2) is 10.2 Å². The molecule has 0 spiro atoms. The summed E-state index contributed by atoms with van der Waals surface area (Å²) in [5.74, 6) is 1.12. The zero-order chi connectivity index (χ0) is 7.98. The fourth-order valence-electron chi connectivity index (χ4n) is 0.614. The maximum absolute atomic E-state index is 3.73. The Morgan fingerprint density at radius 3 is 1.70 bits per heavy atom. The molecule has 1 aliphatic rings. The van der Waals surface area contributed by atoms with Gasteiger partial charge < -0.3 is 0 Å². The molecule has 1 aliphatic heterocycles. The molecular formula is C8H16N2. The van der Waals surface area contributed by atoms with Gasteiger partial charge in [-0.15, -0.1) is 0 Å². The molecule has 0 bridgehead atoms. The van der Waals surface area contributed by atoms with Gasteiger partial charge in [0.05, 0.1) is 0 Å². The Balaban J connectivity index is 0.000000371. The summed E-state index contributed by atoms with van der Waals surface area (Å²) in [7, 11) is 0. The van der Waals surface area contributed by atoms with E-state index in [1.165, 1.54) is 0 Å². The van der Waals surface area contributed by atoms with Crippen molar-refractivity contribution in [2.24, 2.45) is 22.0 Å². The summed E-state index contributed by atoms with van der Waals surface area (Å²) in [5, 5.41) is 7.46. The van der Waals surface area contributed by atoms with Crippen LogP contribution in [0.1, 0.15) is 27.7 Å². The minimum absolute atomic E-state index is 0.481. The molecular weight excluding hydrogens is 124 g/mol. The zero-order valence-electron chi connectivity index (χ0n) is 7.20. The molecule has 0 aliphatic carbocycles. The molecule has 1 rings (SSSR count). The van der Waals surface area contributed by atoms with Crippen molar-refractivity contribution in [2.75, 3.05) is 0 Å². The fraction of sp³-hybridized carbons (Fsp3) is 0.750. The molecule has 0 aromatic rings. The Hall–Kier alpha value is -0.660. The molecule has 1 heterocycles. The van der Waals surface area contributed by atoms with E-state index >= 15 is 0 Å². The van der Waals surface area contributed by atoms with Crippen molar-refractivity contribution in [1.82, 2.24) is 0 Å². The predicted molar refractivity (Wildman–Crippen MR) is 46.7 cm³/mol. The number of nitrogens with zero attached hydrogens (tertiary/aromatic N) is 2. The normalized spacial score (nSPS) is 15.7. The third-order valence-corrected chi connectivity index (χ3v) is 1.31. The van der Waals surface area contributed by atoms with Gasteiger partial charge >= 0.3 is 0 Å². The molecule has 0 radical (unpaired) electrons. The van der Waals surface area contributed by atoms with Crippen molar-refractivity contribution in [2.45, 2.75) is 27.7 Å². The molecule has 58 valence electrons. The maximum Gasteiger partial charge on any atom is 0.0357 e. The Labute approximate surface area is 63.1 Å². The molecule has 0 aromatic carbocycles. The first-order valence-corrected chi connectivity index (χ1v) is 3.87. The van der Waals surface area contributed by atoms with Crippen molar-refractivity contribution < 1.29 is 0 Å². The third-order valence-electron chi connectivity index (χ3n) is 1.31. The molecule has 0 N–H and O–H groups in total. The highest BCUT2D eigenvalue weighted by molar-refractivity contribution is 5.86. The topological polar surface area (TPSA) is 24.7 Å². The van der Waals surface area contributed by atoms with Gasteiger partial charge in [-0.05, 0) is 5.92 Å². The first kappa shape index (κ1) is 9.34. The monoisotopic (exact) mass is 140 g/mol. The highest BCUT2D eigenvalue weighted by atomic mass is 15.2. The van der Waals surface area contributed by atoms with Gasteiger partial charge in [0.25, 0.3) is 0 Å². The van der Waals surface area contributed by atoms with Gasteiger partial charge in [0.15, 0.2) is 0 Å². The predicted octanol–water partition coefficient (Wildman–Crippen LogP) is 2.36. The van der Waals surface area contributed by atoms with E-state index in [1.807, 2.05) is 26.3 Å². The van der Waals surface area contributed by atoms with Gasteiger partial charge in [-0.1, -0.05) is 27.7 Å². The molecule has 0 fully saturated rings. The van der Waals surface area contributed by atoms with Crippen LogP contribution in [0.5, 0.6) is 0 Å². The van der Waals surface area contributed by atoms with E-state index in [4.69, 9.17) is 0 Å². The summed E-state index contributed by atoms with van der Waals surface area (Å²) < 4.78 is 0. The second kappa shape index (κ2) is 5.15. The molecule has 0 unspecified atom stereocenters. The van der Waals surface area contributed by atoms with Crippen LogP contribution in [-0.2, 0) is 0 Å². The Morgan fingerprint density at radius 1 is 1.10 bits per heavy atom. The van der Waals surface area contributed by atoms with Crippen LogP contribution in [-0.4, -0.2) is 12.4 Å². The number of rotatable bonds is 1. The number of hydrogen-bond donors (Lipinski definition) is 0. The highest BCUT2D eigenvalue weighted by Crippen LogP contribution is 2.08. The van der Waals surface area contributed by atoms with E-state index in [0.717, 1.165) is 0 Å². The fourth-order valence-corrected chi connectivity index (χ4v) is 0.614. The van der Waals surface area contributed by atoms with E-state index in [1.54, 1.807) is 0 Å². The molecule has 0 saturated carbocycles. The summed E-state index contributed by atoms with van der Waals surface area (Å²) in [5.41, 5.74) is 0. The first-order chi connectivity index (χ1) is 4.80. The van der Waals surface area contributed by atoms with E-state index in [-0.39, 0.29) is 0 Å². The lowest BCUT2D eigenvalue weighted by atomic mass is 9.99. The van der Waals surface area contributed by atoms with E-state index < -0.39 is 0 Å². The zero-order valence-corrected chi connectivity index (χ0v) is 7.20. The van der Waals surface area contributed by atoms with Gasteiger partial charge in [-0.2, -0.15) is 10.2 Å². The average molecular weight is 140 g/mol. The summed E-state index contributed by atoms with van der Waals surface area (Å²) in [6.45, 7) is 8.32. The summed E-state index contributed by atoms with van der Waals surface area (Å²) in [6, 6.07) is 0. The van der Waals surface area contributed by atoms with Crippen LogP contribution < -0.4 is 0 Å². The lowest BCUT2D eigenvalue weighted by Crippen LogP contribution is -2.07. The second-order valence-corrected chi connectivity index (χ2v) is 2.35. The summed E-state index contributed by atoms with van der Waals surface area (Å²) in [6.07, 6.45) is 3.76. The smallest absolute Gasteiger partial charge is 0.0357 e. The van der Waals surface area contributed by atoms with Crippen LogP contribution in [0, 0.1) is 11.8 Å². The molecule has 0 saturated heterocycles. The van der Waals surface area contributed by atoms with Crippen LogP contribution >= 0.6 is 0 Å². The van der Waals surface area contributed by atoms with Crippen LogP contribution in [0.2, 0.25) is 0 Å². The standard InChI is InChI=1S/C6H10N2.C2H6/c1-5(2)6-3-7-8-4-6;1-2/h3-6H,1-2H3;1-2H3. The Morgan fingerprint density at radius 2 is 1.50 bits per heavy atom. The Bertz CT molecular complexity index is 113.